The van der Waals surface area contributed by atoms with Crippen LogP contribution in [0.4, 0.5) is 0 Å². The van der Waals surface area contributed by atoms with Crippen molar-refractivity contribution in [3.05, 3.63) is 11.8 Å². The number of nitrogens with zero attached hydrogens (tertiary/aromatic N) is 2. The number of aryl methyl sites for hydroxylation is 1. The Morgan fingerprint density at radius 2 is 2.38 bits per heavy atom. The largest absolute Gasteiger partial charge is 0.465 e. The Kier molecular flexibility index (Phi) is 3.35. The average Bonchev–Trinajstić information content (AvgIpc) is 2.45. The maximum Gasteiger partial charge on any atom is 0.340 e. The minimum Gasteiger partial charge on any atom is -0.465 e. The van der Waals surface area contributed by atoms with Gasteiger partial charge in [-0.15, -0.1) is 22.4 Å². The number of ether oxygens (including phenoxy) is 1. The number of aromatic nitrogens is 2. The van der Waals surface area contributed by atoms with Crippen LogP contribution in [0.1, 0.15) is 10.4 Å². The molecule has 0 aliphatic heterocycles. The van der Waals surface area contributed by atoms with Gasteiger partial charge in [0.1, 0.15) is 0 Å². The zero-order valence-electron chi connectivity index (χ0n) is 7.74. The molecule has 6 heteroatoms. The predicted octanol–water partition coefficient (Wildman–Crippen LogP) is 0.470. The van der Waals surface area contributed by atoms with Crippen LogP contribution < -0.4 is 5.59 Å². The van der Waals surface area contributed by atoms with Crippen molar-refractivity contribution in [3.63, 3.8) is 0 Å². The van der Waals surface area contributed by atoms with E-state index in [4.69, 9.17) is 0 Å². The zero-order chi connectivity index (χ0) is 10.0. The number of esters is 1. The van der Waals surface area contributed by atoms with Gasteiger partial charge in [-0.05, 0) is 0 Å². The molecular formula is C7H10BIN2O2. The summed E-state index contributed by atoms with van der Waals surface area (Å²) in [6, 6.07) is 0. The molecule has 0 spiro atoms. The van der Waals surface area contributed by atoms with E-state index >= 15 is 0 Å². The fourth-order valence-corrected chi connectivity index (χ4v) is 1.92. The van der Waals surface area contributed by atoms with Gasteiger partial charge in [0.05, 0.1) is 18.9 Å². The van der Waals surface area contributed by atoms with Crippen molar-refractivity contribution in [1.29, 1.82) is 0 Å². The molecule has 0 radical (unpaired) electrons. The maximum absolute atomic E-state index is 11.3. The second-order valence-corrected chi connectivity index (χ2v) is 4.54. The third kappa shape index (κ3) is 2.04. The Morgan fingerprint density at radius 1 is 1.77 bits per heavy atom. The van der Waals surface area contributed by atoms with E-state index in [1.54, 1.807) is 4.68 Å². The Labute approximate surface area is 90.6 Å². The summed E-state index contributed by atoms with van der Waals surface area (Å²) < 4.78 is 6.58. The van der Waals surface area contributed by atoms with Crippen molar-refractivity contribution in [2.75, 3.05) is 7.11 Å². The third-order valence-electron chi connectivity index (χ3n) is 1.77. The first-order valence-electron chi connectivity index (χ1n) is 3.82. The van der Waals surface area contributed by atoms with Gasteiger partial charge in [-0.1, -0.05) is 6.82 Å². The first-order chi connectivity index (χ1) is 6.07. The van der Waals surface area contributed by atoms with Gasteiger partial charge >= 0.3 is 5.97 Å². The van der Waals surface area contributed by atoms with Crippen LogP contribution in [-0.2, 0) is 11.8 Å². The first-order valence-corrected chi connectivity index (χ1v) is 5.06. The van der Waals surface area contributed by atoms with E-state index in [-0.39, 0.29) is 10.5 Å². The number of rotatable bonds is 2. The number of carbonyl (C=O) groups excluding carboxylic acids is 1. The minimum atomic E-state index is -0.327. The average molecular weight is 292 g/mol. The second-order valence-electron chi connectivity index (χ2n) is 2.67. The van der Waals surface area contributed by atoms with Crippen LogP contribution >= 0.6 is 22.4 Å². The van der Waals surface area contributed by atoms with Crippen LogP contribution in [0.15, 0.2) is 6.20 Å². The zero-order valence-corrected chi connectivity index (χ0v) is 9.90. The summed E-state index contributed by atoms with van der Waals surface area (Å²) >= 11 is 2.24. The quantitative estimate of drug-likeness (QED) is 0.452. The minimum absolute atomic E-state index is 0.235. The molecule has 0 saturated heterocycles. The maximum atomic E-state index is 11.3. The van der Waals surface area contributed by atoms with Crippen molar-refractivity contribution < 1.29 is 9.53 Å². The Hall–Kier alpha value is -0.525. The molecule has 0 aliphatic rings. The lowest BCUT2D eigenvalue weighted by atomic mass is 9.75. The van der Waals surface area contributed by atoms with Crippen LogP contribution in [0.2, 0.25) is 6.82 Å². The molecule has 0 unspecified atom stereocenters. The third-order valence-corrected chi connectivity index (χ3v) is 2.36. The van der Waals surface area contributed by atoms with E-state index < -0.39 is 0 Å². The molecule has 0 amide bonds. The highest BCUT2D eigenvalue weighted by molar-refractivity contribution is 14.1. The van der Waals surface area contributed by atoms with Crippen molar-refractivity contribution >= 4 is 38.5 Å². The van der Waals surface area contributed by atoms with E-state index in [2.05, 4.69) is 32.2 Å². The molecule has 0 fully saturated rings. The van der Waals surface area contributed by atoms with Crippen molar-refractivity contribution in [2.24, 2.45) is 7.05 Å². The fourth-order valence-electron chi connectivity index (χ4n) is 1.19. The number of hydrogen-bond acceptors (Lipinski definition) is 3. The van der Waals surface area contributed by atoms with Gasteiger partial charge in [-0.2, -0.15) is 5.10 Å². The van der Waals surface area contributed by atoms with E-state index in [0.29, 0.717) is 5.56 Å². The molecule has 0 aliphatic carbocycles. The highest BCUT2D eigenvalue weighted by atomic mass is 127. The SMILES string of the molecule is COC(=O)c1cnn(C)c1B(C)I. The molecule has 1 aromatic heterocycles. The van der Waals surface area contributed by atoms with Gasteiger partial charge in [0.2, 0.25) is 0 Å². The highest BCUT2D eigenvalue weighted by Gasteiger charge is 2.21. The summed E-state index contributed by atoms with van der Waals surface area (Å²) in [6.07, 6.45) is 1.54. The van der Waals surface area contributed by atoms with Gasteiger partial charge in [0.15, 0.2) is 0 Å². The van der Waals surface area contributed by atoms with Gasteiger partial charge < -0.3 is 4.74 Å². The standard InChI is InChI=1S/C7H10BIN2O2/c1-8(9)6-5(7(12)13-3)4-10-11(6)2/h4H,1-3H3. The highest BCUT2D eigenvalue weighted by Crippen LogP contribution is 2.02. The lowest BCUT2D eigenvalue weighted by Gasteiger charge is -2.04. The van der Waals surface area contributed by atoms with E-state index in [1.807, 2.05) is 13.9 Å². The van der Waals surface area contributed by atoms with Crippen LogP contribution in [-0.4, -0.2) is 27.4 Å². The van der Waals surface area contributed by atoms with Crippen molar-refractivity contribution in [2.45, 2.75) is 6.82 Å². The van der Waals surface area contributed by atoms with Gasteiger partial charge in [-0.3, -0.25) is 4.68 Å². The molecule has 0 aromatic carbocycles. The summed E-state index contributed by atoms with van der Waals surface area (Å²) in [5.74, 6) is -0.327. The molecule has 0 bridgehead atoms. The lowest BCUT2D eigenvalue weighted by molar-refractivity contribution is 0.0602. The smallest absolute Gasteiger partial charge is 0.340 e. The van der Waals surface area contributed by atoms with Crippen LogP contribution in [0.3, 0.4) is 0 Å². The summed E-state index contributed by atoms with van der Waals surface area (Å²) in [6.45, 7) is 2.00. The summed E-state index contributed by atoms with van der Waals surface area (Å²) in [4.78, 5) is 11.3. The van der Waals surface area contributed by atoms with Gasteiger partial charge in [0, 0.05) is 12.6 Å². The fraction of sp³-hybridized carbons (Fsp3) is 0.429. The number of halogens is 1. The topological polar surface area (TPSA) is 44.1 Å². The Morgan fingerprint density at radius 3 is 2.85 bits per heavy atom. The van der Waals surface area contributed by atoms with E-state index in [0.717, 1.165) is 5.59 Å². The van der Waals surface area contributed by atoms with Crippen molar-refractivity contribution in [1.82, 2.24) is 9.78 Å². The molecule has 0 N–H and O–H groups in total. The number of hydrogen-bond donors (Lipinski definition) is 0. The Bertz CT molecular complexity index is 324. The second kappa shape index (κ2) is 4.12. The molecule has 1 aromatic rings. The number of carbonyl (C=O) groups is 1. The van der Waals surface area contributed by atoms with Crippen LogP contribution in [0.25, 0.3) is 0 Å². The molecule has 13 heavy (non-hydrogen) atoms. The predicted molar refractivity (Wildman–Crippen MR) is 59.8 cm³/mol. The normalized spacial score (nSPS) is 9.85. The van der Waals surface area contributed by atoms with Gasteiger partial charge in [-0.25, -0.2) is 4.79 Å². The van der Waals surface area contributed by atoms with Crippen LogP contribution in [0.5, 0.6) is 0 Å². The van der Waals surface area contributed by atoms with Crippen LogP contribution in [0, 0.1) is 0 Å². The molecular weight excluding hydrogens is 282 g/mol. The molecule has 4 nitrogen and oxygen atoms in total. The summed E-state index contributed by atoms with van der Waals surface area (Å²) in [5, 5.41) is 4.02. The molecule has 70 valence electrons. The monoisotopic (exact) mass is 292 g/mol. The van der Waals surface area contributed by atoms with Gasteiger partial charge in [0.25, 0.3) is 4.57 Å². The summed E-state index contributed by atoms with van der Waals surface area (Å²) in [5.41, 5.74) is 1.44. The van der Waals surface area contributed by atoms with E-state index in [1.165, 1.54) is 13.3 Å². The van der Waals surface area contributed by atoms with E-state index in [9.17, 15) is 4.79 Å². The lowest BCUT2D eigenvalue weighted by Crippen LogP contribution is -2.32. The number of methoxy groups -OCH3 is 1. The van der Waals surface area contributed by atoms with Crippen molar-refractivity contribution in [3.8, 4) is 0 Å². The molecule has 0 saturated carbocycles. The molecule has 0 atom stereocenters. The Balaban J connectivity index is 3.15. The molecule has 1 rings (SSSR count). The molecule has 1 heterocycles. The summed E-state index contributed by atoms with van der Waals surface area (Å²) in [7, 11) is 3.19. The first kappa shape index (κ1) is 10.6.